The molecule has 3 aromatic rings. The van der Waals surface area contributed by atoms with Crippen LogP contribution in [0.3, 0.4) is 0 Å². The van der Waals surface area contributed by atoms with Crippen LogP contribution in [0.15, 0.2) is 36.7 Å². The van der Waals surface area contributed by atoms with E-state index in [9.17, 15) is 31.9 Å². The van der Waals surface area contributed by atoms with E-state index in [0.717, 1.165) is 18.3 Å². The SMILES string of the molecule is CCN1C(=O)[C@@H](CC(=O)c2cnc3c(c2)C[C@@]2(C3)C(=O)Nc3ncc(F)cc32)C[C@@H](c2c(F)ccc(F)c2F)[C@H]1C. The van der Waals surface area contributed by atoms with Gasteiger partial charge in [0.15, 0.2) is 17.4 Å². The fourth-order valence-corrected chi connectivity index (χ4v) is 6.74. The van der Waals surface area contributed by atoms with Crippen molar-refractivity contribution in [3.05, 3.63) is 87.9 Å². The molecule has 11 heteroatoms. The van der Waals surface area contributed by atoms with E-state index in [4.69, 9.17) is 0 Å². The molecule has 1 N–H and O–H groups in total. The molecule has 2 aliphatic heterocycles. The summed E-state index contributed by atoms with van der Waals surface area (Å²) in [5.74, 6) is -6.41. The monoisotopic (exact) mass is 566 g/mol. The van der Waals surface area contributed by atoms with Crippen molar-refractivity contribution in [2.45, 2.75) is 56.9 Å². The Labute approximate surface area is 233 Å². The van der Waals surface area contributed by atoms with Crippen molar-refractivity contribution < 1.29 is 31.9 Å². The second kappa shape index (κ2) is 9.74. The van der Waals surface area contributed by atoms with Crippen LogP contribution in [0.25, 0.3) is 0 Å². The molecule has 0 saturated carbocycles. The van der Waals surface area contributed by atoms with Gasteiger partial charge in [0.2, 0.25) is 11.8 Å². The molecule has 0 unspecified atom stereocenters. The predicted octanol–water partition coefficient (Wildman–Crippen LogP) is 4.64. The fourth-order valence-electron chi connectivity index (χ4n) is 6.74. The number of halogens is 4. The molecule has 4 atom stereocenters. The number of aromatic nitrogens is 2. The molecule has 1 spiro atoms. The molecule has 2 aromatic heterocycles. The lowest BCUT2D eigenvalue weighted by molar-refractivity contribution is -0.142. The zero-order valence-electron chi connectivity index (χ0n) is 22.3. The number of ketones is 1. The highest BCUT2D eigenvalue weighted by molar-refractivity contribution is 6.06. The van der Waals surface area contributed by atoms with E-state index in [2.05, 4.69) is 15.3 Å². The number of nitrogens with zero attached hydrogens (tertiary/aromatic N) is 3. The van der Waals surface area contributed by atoms with Crippen molar-refractivity contribution in [3.63, 3.8) is 0 Å². The van der Waals surface area contributed by atoms with Crippen LogP contribution < -0.4 is 5.32 Å². The van der Waals surface area contributed by atoms with Crippen LogP contribution in [0.2, 0.25) is 0 Å². The number of nitrogens with one attached hydrogen (secondary N) is 1. The van der Waals surface area contributed by atoms with E-state index in [1.807, 2.05) is 0 Å². The highest BCUT2D eigenvalue weighted by Crippen LogP contribution is 2.46. The van der Waals surface area contributed by atoms with Crippen molar-refractivity contribution in [1.82, 2.24) is 14.9 Å². The molecule has 2 amide bonds. The van der Waals surface area contributed by atoms with Crippen LogP contribution >= 0.6 is 0 Å². The van der Waals surface area contributed by atoms with Gasteiger partial charge in [-0.15, -0.1) is 0 Å². The molecule has 4 heterocycles. The molecule has 1 saturated heterocycles. The summed E-state index contributed by atoms with van der Waals surface area (Å²) in [5.41, 5.74) is 0.426. The Bertz CT molecular complexity index is 1630. The number of amides is 2. The molecule has 0 bridgehead atoms. The molecule has 7 nitrogen and oxygen atoms in total. The van der Waals surface area contributed by atoms with E-state index < -0.39 is 57.9 Å². The Morgan fingerprint density at radius 1 is 1.07 bits per heavy atom. The van der Waals surface area contributed by atoms with Crippen LogP contribution in [0.5, 0.6) is 0 Å². The number of rotatable bonds is 5. The summed E-state index contributed by atoms with van der Waals surface area (Å²) >= 11 is 0. The van der Waals surface area contributed by atoms with Gasteiger partial charge >= 0.3 is 0 Å². The van der Waals surface area contributed by atoms with E-state index in [0.29, 0.717) is 22.6 Å². The van der Waals surface area contributed by atoms with Crippen LogP contribution in [0.4, 0.5) is 23.4 Å². The normalized spacial score (nSPS) is 24.9. The first kappa shape index (κ1) is 27.0. The summed E-state index contributed by atoms with van der Waals surface area (Å²) in [6, 6.07) is 3.89. The van der Waals surface area contributed by atoms with Crippen molar-refractivity contribution in [2.24, 2.45) is 5.92 Å². The number of carbonyl (C=O) groups is 3. The van der Waals surface area contributed by atoms with E-state index in [1.54, 1.807) is 19.9 Å². The largest absolute Gasteiger partial charge is 0.339 e. The molecule has 6 rings (SSSR count). The summed E-state index contributed by atoms with van der Waals surface area (Å²) in [4.78, 5) is 49.6. The van der Waals surface area contributed by atoms with Gasteiger partial charge in [-0.1, -0.05) is 0 Å². The molecule has 1 aromatic carbocycles. The average Bonchev–Trinajstić information content (AvgIpc) is 3.46. The third-order valence-corrected chi connectivity index (χ3v) is 8.85. The average molecular weight is 567 g/mol. The molecule has 0 radical (unpaired) electrons. The summed E-state index contributed by atoms with van der Waals surface area (Å²) in [7, 11) is 0. The summed E-state index contributed by atoms with van der Waals surface area (Å²) in [6.07, 6.45) is 2.57. The lowest BCUT2D eigenvalue weighted by Gasteiger charge is -2.42. The summed E-state index contributed by atoms with van der Waals surface area (Å²) in [5, 5.41) is 2.70. The number of hydrogen-bond acceptors (Lipinski definition) is 5. The zero-order valence-corrected chi connectivity index (χ0v) is 22.3. The minimum atomic E-state index is -1.29. The van der Waals surface area contributed by atoms with Crippen molar-refractivity contribution in [1.29, 1.82) is 0 Å². The van der Waals surface area contributed by atoms with E-state index >= 15 is 0 Å². The number of hydrogen-bond donors (Lipinski definition) is 1. The van der Waals surface area contributed by atoms with Gasteiger partial charge < -0.3 is 10.2 Å². The standard InChI is InChI=1S/C30H26F4N4O3/c1-3-38-14(2)19(25-21(32)4-5-22(33)26(25)34)7-15(28(38)40)8-24(39)17-6-16-10-30(11-23(16)35-12-17)20-9-18(31)13-36-27(20)37-29(30)41/h4-6,9,12-15,19H,3,7-8,10-11H2,1-2H3,(H,36,37,41)/t14-,15-,19-,30+/m1/s1. The van der Waals surface area contributed by atoms with Crippen LogP contribution in [0, 0.1) is 29.2 Å². The van der Waals surface area contributed by atoms with Gasteiger partial charge in [0, 0.05) is 65.8 Å². The van der Waals surface area contributed by atoms with Crippen LogP contribution in [-0.4, -0.2) is 45.1 Å². The first-order valence-electron chi connectivity index (χ1n) is 13.5. The van der Waals surface area contributed by atoms with Gasteiger partial charge in [-0.05, 0) is 56.5 Å². The summed E-state index contributed by atoms with van der Waals surface area (Å²) in [6.45, 7) is 3.64. The first-order valence-corrected chi connectivity index (χ1v) is 13.5. The highest BCUT2D eigenvalue weighted by atomic mass is 19.2. The molecule has 212 valence electrons. The number of likely N-dealkylation sites (N-methyl/N-ethyl adjacent to an activating group) is 1. The smallest absolute Gasteiger partial charge is 0.237 e. The number of carbonyl (C=O) groups excluding carboxylic acids is 3. The summed E-state index contributed by atoms with van der Waals surface area (Å²) < 4.78 is 57.5. The van der Waals surface area contributed by atoms with E-state index in [-0.39, 0.29) is 49.6 Å². The Morgan fingerprint density at radius 2 is 1.83 bits per heavy atom. The van der Waals surface area contributed by atoms with Gasteiger partial charge in [0.1, 0.15) is 17.5 Å². The Hall–Kier alpha value is -4.15. The minimum absolute atomic E-state index is 0.0312. The molecule has 41 heavy (non-hydrogen) atoms. The zero-order chi connectivity index (χ0) is 29.2. The van der Waals surface area contributed by atoms with E-state index in [1.165, 1.54) is 17.2 Å². The van der Waals surface area contributed by atoms with Crippen LogP contribution in [0.1, 0.15) is 65.3 Å². The second-order valence-corrected chi connectivity index (χ2v) is 11.1. The molecule has 1 fully saturated rings. The Balaban J connectivity index is 1.26. The van der Waals surface area contributed by atoms with Gasteiger partial charge in [-0.25, -0.2) is 22.5 Å². The first-order chi connectivity index (χ1) is 19.5. The number of piperidine rings is 1. The number of anilines is 1. The lowest BCUT2D eigenvalue weighted by atomic mass is 9.76. The maximum Gasteiger partial charge on any atom is 0.237 e. The third-order valence-electron chi connectivity index (χ3n) is 8.85. The van der Waals surface area contributed by atoms with Crippen LogP contribution in [-0.2, 0) is 27.8 Å². The maximum atomic E-state index is 14.8. The molecular weight excluding hydrogens is 540 g/mol. The molecule has 3 aliphatic rings. The quantitative estimate of drug-likeness (QED) is 0.276. The topological polar surface area (TPSA) is 92.3 Å². The lowest BCUT2D eigenvalue weighted by Crippen LogP contribution is -2.50. The number of likely N-dealkylation sites (tertiary alicyclic amines) is 1. The molecule has 1 aliphatic carbocycles. The van der Waals surface area contributed by atoms with Gasteiger partial charge in [0.05, 0.1) is 11.6 Å². The fraction of sp³-hybridized carbons (Fsp3) is 0.367. The third kappa shape index (κ3) is 4.20. The Morgan fingerprint density at radius 3 is 2.59 bits per heavy atom. The predicted molar refractivity (Wildman–Crippen MR) is 139 cm³/mol. The van der Waals surface area contributed by atoms with Crippen molar-refractivity contribution in [2.75, 3.05) is 11.9 Å². The maximum absolute atomic E-state index is 14.8. The van der Waals surface area contributed by atoms with Crippen molar-refractivity contribution >= 4 is 23.4 Å². The highest BCUT2D eigenvalue weighted by Gasteiger charge is 2.52. The number of Topliss-reactive ketones (excluding diaryl/α,β-unsaturated/α-hetero) is 1. The second-order valence-electron chi connectivity index (χ2n) is 11.1. The van der Waals surface area contributed by atoms with Gasteiger partial charge in [-0.3, -0.25) is 19.4 Å². The number of benzene rings is 1. The van der Waals surface area contributed by atoms with Gasteiger partial charge in [0.25, 0.3) is 0 Å². The number of pyridine rings is 2. The van der Waals surface area contributed by atoms with Crippen molar-refractivity contribution in [3.8, 4) is 0 Å². The minimum Gasteiger partial charge on any atom is -0.339 e. The van der Waals surface area contributed by atoms with Gasteiger partial charge in [-0.2, -0.15) is 0 Å². The Kier molecular flexibility index (Phi) is 6.43. The molecular formula is C30H26F4N4O3. The number of fused-ring (bicyclic) bond motifs is 3.